The largest absolute Gasteiger partial charge is 0.497 e. The van der Waals surface area contributed by atoms with Gasteiger partial charge >= 0.3 is 12.1 Å². The third kappa shape index (κ3) is 4.62. The van der Waals surface area contributed by atoms with E-state index in [2.05, 4.69) is 5.32 Å². The smallest absolute Gasteiger partial charge is 0.471 e. The highest BCUT2D eigenvalue weighted by molar-refractivity contribution is 5.83. The molecule has 0 atom stereocenters. The zero-order chi connectivity index (χ0) is 17.7. The van der Waals surface area contributed by atoms with E-state index in [-0.39, 0.29) is 37.8 Å². The molecule has 1 saturated heterocycles. The summed E-state index contributed by atoms with van der Waals surface area (Å²) in [7, 11) is 1.56. The molecule has 132 valence electrons. The van der Waals surface area contributed by atoms with Gasteiger partial charge in [-0.1, -0.05) is 12.1 Å². The second kappa shape index (κ2) is 7.55. The highest BCUT2D eigenvalue weighted by atomic mass is 19.4. The predicted octanol–water partition coefficient (Wildman–Crippen LogP) is 2.11. The van der Waals surface area contributed by atoms with E-state index in [1.807, 2.05) is 12.1 Å². The van der Waals surface area contributed by atoms with Gasteiger partial charge in [-0.25, -0.2) is 0 Å². The van der Waals surface area contributed by atoms with Crippen molar-refractivity contribution in [3.8, 4) is 5.75 Å². The van der Waals surface area contributed by atoms with E-state index < -0.39 is 12.1 Å². The molecule has 0 aliphatic carbocycles. The van der Waals surface area contributed by atoms with Crippen molar-refractivity contribution in [2.24, 2.45) is 5.92 Å². The number of carbonyl (C=O) groups is 2. The van der Waals surface area contributed by atoms with E-state index in [4.69, 9.17) is 4.74 Å². The molecule has 0 saturated carbocycles. The molecule has 1 aromatic rings. The number of halogens is 3. The van der Waals surface area contributed by atoms with Crippen LogP contribution in [0.25, 0.3) is 0 Å². The Morgan fingerprint density at radius 3 is 2.29 bits per heavy atom. The molecule has 2 amide bonds. The van der Waals surface area contributed by atoms with E-state index >= 15 is 0 Å². The van der Waals surface area contributed by atoms with Gasteiger partial charge in [-0.15, -0.1) is 0 Å². The second-order valence-corrected chi connectivity index (χ2v) is 5.63. The molecule has 1 aromatic carbocycles. The summed E-state index contributed by atoms with van der Waals surface area (Å²) in [4.78, 5) is 24.0. The maximum atomic E-state index is 12.4. The van der Waals surface area contributed by atoms with Crippen LogP contribution in [-0.2, 0) is 16.1 Å². The molecule has 5 nitrogen and oxygen atoms in total. The molecule has 0 aromatic heterocycles. The number of amides is 2. The van der Waals surface area contributed by atoms with Crippen molar-refractivity contribution in [2.45, 2.75) is 25.6 Å². The van der Waals surface area contributed by atoms with Gasteiger partial charge in [0, 0.05) is 25.6 Å². The normalized spacial score (nSPS) is 15.9. The standard InChI is InChI=1S/C16H19F3N2O3/c1-24-13-4-2-11(3-5-13)10-20-14(22)12-6-8-21(9-7-12)15(23)16(17,18)19/h2-5,12H,6-10H2,1H3,(H,20,22). The first-order valence-corrected chi connectivity index (χ1v) is 7.58. The van der Waals surface area contributed by atoms with E-state index in [0.29, 0.717) is 12.3 Å². The first-order chi connectivity index (χ1) is 11.3. The minimum absolute atomic E-state index is 0.0566. The number of benzene rings is 1. The first-order valence-electron chi connectivity index (χ1n) is 7.58. The van der Waals surface area contributed by atoms with Gasteiger partial charge in [0.05, 0.1) is 7.11 Å². The Morgan fingerprint density at radius 1 is 1.21 bits per heavy atom. The van der Waals surface area contributed by atoms with E-state index in [1.54, 1.807) is 19.2 Å². The number of hydrogen-bond acceptors (Lipinski definition) is 3. The Labute approximate surface area is 137 Å². The minimum Gasteiger partial charge on any atom is -0.497 e. The SMILES string of the molecule is COc1ccc(CNC(=O)C2CCN(C(=O)C(F)(F)F)CC2)cc1. The molecule has 0 unspecified atom stereocenters. The van der Waals surface area contributed by atoms with Crippen LogP contribution in [0.2, 0.25) is 0 Å². The van der Waals surface area contributed by atoms with Crippen molar-refractivity contribution in [1.29, 1.82) is 0 Å². The lowest BCUT2D eigenvalue weighted by Gasteiger charge is -2.31. The Bertz CT molecular complexity index is 579. The summed E-state index contributed by atoms with van der Waals surface area (Å²) < 4.78 is 42.2. The monoisotopic (exact) mass is 344 g/mol. The van der Waals surface area contributed by atoms with Crippen LogP contribution in [0.15, 0.2) is 24.3 Å². The second-order valence-electron chi connectivity index (χ2n) is 5.63. The minimum atomic E-state index is -4.86. The number of piperidine rings is 1. The fourth-order valence-electron chi connectivity index (χ4n) is 2.60. The fourth-order valence-corrected chi connectivity index (χ4v) is 2.60. The molecule has 0 spiro atoms. The van der Waals surface area contributed by atoms with Gasteiger partial charge in [0.25, 0.3) is 0 Å². The third-order valence-corrected chi connectivity index (χ3v) is 4.02. The van der Waals surface area contributed by atoms with Crippen LogP contribution in [0, 0.1) is 5.92 Å². The van der Waals surface area contributed by atoms with Crippen molar-refractivity contribution >= 4 is 11.8 Å². The summed E-state index contributed by atoms with van der Waals surface area (Å²) in [5.41, 5.74) is 0.897. The molecule has 8 heteroatoms. The topological polar surface area (TPSA) is 58.6 Å². The van der Waals surface area contributed by atoms with Gasteiger partial charge in [-0.05, 0) is 30.5 Å². The molecule has 24 heavy (non-hydrogen) atoms. The van der Waals surface area contributed by atoms with Gasteiger partial charge in [-0.2, -0.15) is 13.2 Å². The first kappa shape index (κ1) is 18.1. The number of hydrogen-bond donors (Lipinski definition) is 1. The van der Waals surface area contributed by atoms with Crippen LogP contribution in [0.4, 0.5) is 13.2 Å². The third-order valence-electron chi connectivity index (χ3n) is 4.02. The van der Waals surface area contributed by atoms with E-state index in [9.17, 15) is 22.8 Å². The Hall–Kier alpha value is -2.25. The van der Waals surface area contributed by atoms with Gasteiger partial charge in [0.15, 0.2) is 0 Å². The fraction of sp³-hybridized carbons (Fsp3) is 0.500. The van der Waals surface area contributed by atoms with Crippen LogP contribution in [-0.4, -0.2) is 43.1 Å². The zero-order valence-electron chi connectivity index (χ0n) is 13.2. The van der Waals surface area contributed by atoms with Crippen LogP contribution in [0.1, 0.15) is 18.4 Å². The molecule has 1 fully saturated rings. The molecule has 2 rings (SSSR count). The molecule has 1 heterocycles. The Kier molecular flexibility index (Phi) is 5.69. The van der Waals surface area contributed by atoms with Gasteiger partial charge in [0.2, 0.25) is 5.91 Å². The van der Waals surface area contributed by atoms with Crippen molar-refractivity contribution in [3.63, 3.8) is 0 Å². The number of ether oxygens (including phenoxy) is 1. The van der Waals surface area contributed by atoms with Crippen LogP contribution in [0.5, 0.6) is 5.75 Å². The van der Waals surface area contributed by atoms with E-state index in [1.165, 1.54) is 0 Å². The lowest BCUT2D eigenvalue weighted by Crippen LogP contribution is -2.47. The number of rotatable bonds is 4. The number of methoxy groups -OCH3 is 1. The molecule has 0 radical (unpaired) electrons. The highest BCUT2D eigenvalue weighted by Gasteiger charge is 2.43. The van der Waals surface area contributed by atoms with Crippen molar-refractivity contribution in [1.82, 2.24) is 10.2 Å². The summed E-state index contributed by atoms with van der Waals surface area (Å²) in [6.07, 6.45) is -4.39. The quantitative estimate of drug-likeness (QED) is 0.910. The van der Waals surface area contributed by atoms with Gasteiger partial charge in [0.1, 0.15) is 5.75 Å². The molecule has 1 N–H and O–H groups in total. The Morgan fingerprint density at radius 2 is 1.79 bits per heavy atom. The van der Waals surface area contributed by atoms with Gasteiger partial charge < -0.3 is 15.0 Å². The lowest BCUT2D eigenvalue weighted by molar-refractivity contribution is -0.186. The molecule has 1 aliphatic heterocycles. The number of nitrogens with one attached hydrogen (secondary N) is 1. The number of carbonyl (C=O) groups excluding carboxylic acids is 2. The summed E-state index contributed by atoms with van der Waals surface area (Å²) >= 11 is 0. The van der Waals surface area contributed by atoms with Crippen LogP contribution < -0.4 is 10.1 Å². The van der Waals surface area contributed by atoms with Crippen LogP contribution in [0.3, 0.4) is 0 Å². The van der Waals surface area contributed by atoms with Crippen molar-refractivity contribution in [2.75, 3.05) is 20.2 Å². The maximum absolute atomic E-state index is 12.4. The average Bonchev–Trinajstić information content (AvgIpc) is 2.58. The van der Waals surface area contributed by atoms with E-state index in [0.717, 1.165) is 10.5 Å². The van der Waals surface area contributed by atoms with Crippen molar-refractivity contribution in [3.05, 3.63) is 29.8 Å². The summed E-state index contributed by atoms with van der Waals surface area (Å²) in [6, 6.07) is 7.21. The summed E-state index contributed by atoms with van der Waals surface area (Å²) in [6.45, 7) is 0.225. The maximum Gasteiger partial charge on any atom is 0.471 e. The lowest BCUT2D eigenvalue weighted by atomic mass is 9.95. The average molecular weight is 344 g/mol. The highest BCUT2D eigenvalue weighted by Crippen LogP contribution is 2.24. The summed E-state index contributed by atoms with van der Waals surface area (Å²) in [5, 5.41) is 2.78. The zero-order valence-corrected chi connectivity index (χ0v) is 13.2. The number of nitrogens with zero attached hydrogens (tertiary/aromatic N) is 1. The Balaban J connectivity index is 1.79. The van der Waals surface area contributed by atoms with Gasteiger partial charge in [-0.3, -0.25) is 9.59 Å². The number of alkyl halides is 3. The molecule has 1 aliphatic rings. The van der Waals surface area contributed by atoms with Crippen LogP contribution >= 0.6 is 0 Å². The molecular formula is C16H19F3N2O3. The summed E-state index contributed by atoms with van der Waals surface area (Å²) in [5.74, 6) is -1.70. The van der Waals surface area contributed by atoms with Crippen molar-refractivity contribution < 1.29 is 27.5 Å². The number of likely N-dealkylation sites (tertiary alicyclic amines) is 1. The predicted molar refractivity (Wildman–Crippen MR) is 80.2 cm³/mol. The molecule has 0 bridgehead atoms. The molecular weight excluding hydrogens is 325 g/mol.